The maximum atomic E-state index is 17.3. The summed E-state index contributed by atoms with van der Waals surface area (Å²) in [6, 6.07) is 17.6. The summed E-state index contributed by atoms with van der Waals surface area (Å²) in [4.78, 5) is 4.60. The molecular formula is C33H37FN4O4SSi. The molecule has 0 amide bonds. The Bertz CT molecular complexity index is 2020. The molecule has 0 fully saturated rings. The number of nitriles is 1. The molecule has 230 valence electrons. The fourth-order valence-corrected chi connectivity index (χ4v) is 7.67. The third-order valence-electron chi connectivity index (χ3n) is 7.89. The molecule has 1 N–H and O–H groups in total. The Morgan fingerprint density at radius 2 is 1.80 bits per heavy atom. The Labute approximate surface area is 258 Å². The summed E-state index contributed by atoms with van der Waals surface area (Å²) < 4.78 is 53.5. The molecule has 11 heteroatoms. The largest absolute Gasteiger partial charge is 0.361 e. The van der Waals surface area contributed by atoms with Gasteiger partial charge in [0.25, 0.3) is 15.9 Å². The topological polar surface area (TPSA) is 110 Å². The van der Waals surface area contributed by atoms with Gasteiger partial charge in [0.2, 0.25) is 0 Å². The number of rotatable bonds is 10. The lowest BCUT2D eigenvalue weighted by atomic mass is 9.92. The van der Waals surface area contributed by atoms with Gasteiger partial charge in [0.15, 0.2) is 5.82 Å². The molecule has 5 aromatic rings. The summed E-state index contributed by atoms with van der Waals surface area (Å²) in [6.45, 7) is 12.6. The molecule has 2 heterocycles. The van der Waals surface area contributed by atoms with Crippen LogP contribution in [0.2, 0.25) is 25.7 Å². The van der Waals surface area contributed by atoms with E-state index in [1.807, 2.05) is 13.8 Å². The predicted octanol–water partition coefficient (Wildman–Crippen LogP) is 6.75. The minimum absolute atomic E-state index is 0.0618. The van der Waals surface area contributed by atoms with Crippen LogP contribution < -0.4 is 0 Å². The number of alkyl halides is 1. The number of ether oxygens (including phenoxy) is 1. The van der Waals surface area contributed by atoms with Gasteiger partial charge in [0.05, 0.1) is 33.1 Å². The van der Waals surface area contributed by atoms with Crippen molar-refractivity contribution < 1.29 is 22.7 Å². The highest BCUT2D eigenvalue weighted by Gasteiger charge is 2.41. The van der Waals surface area contributed by atoms with Crippen LogP contribution in [0.25, 0.3) is 21.9 Å². The molecule has 0 saturated heterocycles. The van der Waals surface area contributed by atoms with Crippen molar-refractivity contribution in [1.82, 2.24) is 13.5 Å². The SMILES string of the molecule is CCc1cc(C)c2c(ccn2S(=O)(=O)c2ccc(C)cc2)c1C(O)(F)c1nc2cc(C#N)ccc2n1COCC[Si](C)(C)C. The van der Waals surface area contributed by atoms with E-state index in [2.05, 4.69) is 30.7 Å². The highest BCUT2D eigenvalue weighted by molar-refractivity contribution is 7.90. The van der Waals surface area contributed by atoms with Gasteiger partial charge in [-0.3, -0.25) is 4.57 Å². The fraction of sp³-hybridized carbons (Fsp3) is 0.333. The van der Waals surface area contributed by atoms with Gasteiger partial charge in [-0.2, -0.15) is 9.65 Å². The minimum atomic E-state index is -4.03. The van der Waals surface area contributed by atoms with Crippen LogP contribution in [0.4, 0.5) is 4.39 Å². The third-order valence-corrected chi connectivity index (χ3v) is 11.3. The van der Waals surface area contributed by atoms with E-state index in [-0.39, 0.29) is 33.9 Å². The first-order valence-electron chi connectivity index (χ1n) is 14.5. The van der Waals surface area contributed by atoms with Crippen molar-refractivity contribution in [1.29, 1.82) is 5.26 Å². The van der Waals surface area contributed by atoms with Crippen molar-refractivity contribution in [2.45, 2.75) is 70.4 Å². The molecule has 5 rings (SSSR count). The van der Waals surface area contributed by atoms with E-state index in [4.69, 9.17) is 4.74 Å². The first-order valence-corrected chi connectivity index (χ1v) is 19.7. The number of hydrogen-bond acceptors (Lipinski definition) is 6. The van der Waals surface area contributed by atoms with Gasteiger partial charge in [-0.05, 0) is 73.8 Å². The number of aliphatic hydroxyl groups is 1. The van der Waals surface area contributed by atoms with E-state index in [1.54, 1.807) is 55.5 Å². The minimum Gasteiger partial charge on any atom is -0.361 e. The van der Waals surface area contributed by atoms with Gasteiger partial charge >= 0.3 is 0 Å². The van der Waals surface area contributed by atoms with E-state index in [9.17, 15) is 18.8 Å². The van der Waals surface area contributed by atoms with Crippen LogP contribution in [0.5, 0.6) is 0 Å². The summed E-state index contributed by atoms with van der Waals surface area (Å²) in [7, 11) is -5.43. The second-order valence-corrected chi connectivity index (χ2v) is 19.9. The summed E-state index contributed by atoms with van der Waals surface area (Å²) in [5.74, 6) is -3.44. The molecule has 1 atom stereocenters. The molecule has 1 unspecified atom stereocenters. The Morgan fingerprint density at radius 1 is 1.09 bits per heavy atom. The first-order chi connectivity index (χ1) is 20.7. The van der Waals surface area contributed by atoms with Gasteiger partial charge in [0.1, 0.15) is 6.73 Å². The Hall–Kier alpha value is -3.82. The van der Waals surface area contributed by atoms with E-state index >= 15 is 4.39 Å². The maximum Gasteiger partial charge on any atom is 0.293 e. The summed E-state index contributed by atoms with van der Waals surface area (Å²) >= 11 is 0. The van der Waals surface area contributed by atoms with E-state index in [0.29, 0.717) is 40.8 Å². The number of hydrogen-bond donors (Lipinski definition) is 1. The lowest BCUT2D eigenvalue weighted by molar-refractivity contribution is -0.0683. The van der Waals surface area contributed by atoms with Crippen LogP contribution in [0.3, 0.4) is 0 Å². The van der Waals surface area contributed by atoms with E-state index in [1.165, 1.54) is 16.8 Å². The number of halogens is 1. The molecule has 0 aliphatic heterocycles. The molecule has 0 radical (unpaired) electrons. The number of fused-ring (bicyclic) bond motifs is 2. The molecule has 3 aromatic carbocycles. The van der Waals surface area contributed by atoms with Crippen LogP contribution in [0.1, 0.15) is 40.6 Å². The van der Waals surface area contributed by atoms with Gasteiger partial charge in [-0.1, -0.05) is 50.3 Å². The monoisotopic (exact) mass is 632 g/mol. The van der Waals surface area contributed by atoms with Crippen LogP contribution in [0.15, 0.2) is 65.7 Å². The number of benzene rings is 3. The Balaban J connectivity index is 1.71. The van der Waals surface area contributed by atoms with E-state index in [0.717, 1.165) is 15.6 Å². The number of imidazole rings is 1. The normalized spacial score (nSPS) is 13.8. The third kappa shape index (κ3) is 5.70. The van der Waals surface area contributed by atoms with Gasteiger partial charge in [-0.25, -0.2) is 17.4 Å². The van der Waals surface area contributed by atoms with Crippen molar-refractivity contribution >= 4 is 40.0 Å². The summed E-state index contributed by atoms with van der Waals surface area (Å²) in [6.07, 6.45) is 1.77. The van der Waals surface area contributed by atoms with Crippen LogP contribution in [-0.4, -0.2) is 41.7 Å². The molecule has 0 saturated carbocycles. The quantitative estimate of drug-likeness (QED) is 0.135. The molecule has 0 bridgehead atoms. The number of nitrogens with zero attached hydrogens (tertiary/aromatic N) is 4. The summed E-state index contributed by atoms with van der Waals surface area (Å²) in [5.41, 5.74) is 3.45. The fourth-order valence-electron chi connectivity index (χ4n) is 5.50. The lowest BCUT2D eigenvalue weighted by Crippen LogP contribution is -2.29. The molecule has 2 aromatic heterocycles. The predicted molar refractivity (Wildman–Crippen MR) is 172 cm³/mol. The average molecular weight is 633 g/mol. The van der Waals surface area contributed by atoms with Crippen molar-refractivity contribution in [3.05, 3.63) is 94.4 Å². The van der Waals surface area contributed by atoms with Gasteiger partial charge in [-0.15, -0.1) is 0 Å². The standard InChI is InChI=1S/C33H37FN4O4SSi/c1-7-25-18-23(3)31-27(14-15-38(31)43(40,41)26-11-8-22(2)9-12-26)30(25)33(34,39)32-36-28-19-24(20-35)10-13-29(28)37(32)21-42-16-17-44(4,5)6/h8-15,18-19,39H,7,16-17,21H2,1-6H3. The van der Waals surface area contributed by atoms with Crippen LogP contribution >= 0.6 is 0 Å². The first kappa shape index (κ1) is 31.6. The Morgan fingerprint density at radius 3 is 2.43 bits per heavy atom. The van der Waals surface area contributed by atoms with Crippen molar-refractivity contribution in [3.8, 4) is 6.07 Å². The lowest BCUT2D eigenvalue weighted by Gasteiger charge is -2.25. The van der Waals surface area contributed by atoms with Gasteiger partial charge in [0, 0.05) is 31.8 Å². The van der Waals surface area contributed by atoms with Crippen molar-refractivity contribution in [3.63, 3.8) is 0 Å². The highest BCUT2D eigenvalue weighted by atomic mass is 32.2. The second-order valence-electron chi connectivity index (χ2n) is 12.4. The van der Waals surface area contributed by atoms with Gasteiger partial charge < -0.3 is 9.84 Å². The zero-order valence-electron chi connectivity index (χ0n) is 25.8. The number of aromatic nitrogens is 3. The van der Waals surface area contributed by atoms with E-state index < -0.39 is 24.0 Å². The highest BCUT2D eigenvalue weighted by Crippen LogP contribution is 2.41. The van der Waals surface area contributed by atoms with Crippen LogP contribution in [0, 0.1) is 25.2 Å². The Kier molecular flexibility index (Phi) is 8.33. The zero-order valence-corrected chi connectivity index (χ0v) is 27.7. The maximum absolute atomic E-state index is 17.3. The molecular weight excluding hydrogens is 596 g/mol. The van der Waals surface area contributed by atoms with Crippen molar-refractivity contribution in [2.24, 2.45) is 0 Å². The average Bonchev–Trinajstić information content (AvgIpc) is 3.58. The molecule has 8 nitrogen and oxygen atoms in total. The number of aryl methyl sites for hydroxylation is 3. The van der Waals surface area contributed by atoms with Crippen molar-refractivity contribution in [2.75, 3.05) is 6.61 Å². The zero-order chi connectivity index (χ0) is 32.0. The molecule has 0 spiro atoms. The molecule has 44 heavy (non-hydrogen) atoms. The smallest absolute Gasteiger partial charge is 0.293 e. The summed E-state index contributed by atoms with van der Waals surface area (Å²) in [5, 5.41) is 21.6. The van der Waals surface area contributed by atoms with Crippen LogP contribution in [-0.2, 0) is 33.8 Å². The molecule has 0 aliphatic carbocycles. The molecule has 0 aliphatic rings. The second kappa shape index (κ2) is 11.6.